The number of halogens is 2. The number of aliphatic hydroxyl groups is 1. The molecule has 0 saturated heterocycles. The normalized spacial score (nSPS) is 20.8. The van der Waals surface area contributed by atoms with Crippen LogP contribution < -0.4 is 33.6 Å². The molecule has 0 aromatic heterocycles. The average Bonchev–Trinajstić information content (AvgIpc) is 2.38. The monoisotopic (exact) mass is 407 g/mol. The molecule has 2 rings (SSSR count). The molecule has 4 N–H and O–H groups in total. The number of benzene rings is 1. The van der Waals surface area contributed by atoms with Gasteiger partial charge in [-0.1, -0.05) is 18.7 Å². The number of rotatable bonds is 3. The lowest BCUT2D eigenvalue weighted by molar-refractivity contribution is -0.328. The number of aliphatic imine (C=N–C) groups is 1. The van der Waals surface area contributed by atoms with Crippen molar-refractivity contribution in [2.45, 2.75) is 6.23 Å². The zero-order chi connectivity index (χ0) is 14.7. The largest absolute Gasteiger partial charge is 0.479 e. The fraction of sp³-hybridized carbons (Fsp3) is 0.154. The maximum atomic E-state index is 9.28. The van der Waals surface area contributed by atoms with Crippen molar-refractivity contribution in [3.05, 3.63) is 50.9 Å². The summed E-state index contributed by atoms with van der Waals surface area (Å²) in [7, 11) is 0. The van der Waals surface area contributed by atoms with Crippen LogP contribution in [-0.2, 0) is 4.74 Å². The standard InChI is InChI=1S/C13H15ClIN3O2/c1-7(8-3-2-4-9(15)5-8)17-12(14)11-13(16)18-10(19)6-20-11/h2-5,10,14-15,17,19H,1,6H2,(H2,16,18)/q+2/t10-/m0/s1. The van der Waals surface area contributed by atoms with E-state index in [0.717, 1.165) is 9.13 Å². The molecule has 0 radical (unpaired) electrons. The van der Waals surface area contributed by atoms with E-state index in [-0.39, 0.29) is 18.2 Å². The minimum atomic E-state index is -0.943. The van der Waals surface area contributed by atoms with Gasteiger partial charge in [-0.15, -0.1) is 0 Å². The van der Waals surface area contributed by atoms with Crippen LogP contribution in [0.15, 0.2) is 46.8 Å². The predicted molar refractivity (Wildman–Crippen MR) is 70.7 cm³/mol. The summed E-state index contributed by atoms with van der Waals surface area (Å²) >= 11 is 7.15. The summed E-state index contributed by atoms with van der Waals surface area (Å²) in [5, 5.41) is 12.6. The second kappa shape index (κ2) is 6.47. The first-order chi connectivity index (χ1) is 9.47. The molecular formula is C13H15ClIN3O2+2. The Morgan fingerprint density at radius 2 is 2.35 bits per heavy atom. The van der Waals surface area contributed by atoms with Gasteiger partial charge < -0.3 is 20.9 Å². The molecule has 0 saturated carbocycles. The van der Waals surface area contributed by atoms with E-state index in [0.29, 0.717) is 10.9 Å². The van der Waals surface area contributed by atoms with E-state index in [9.17, 15) is 5.11 Å². The van der Waals surface area contributed by atoms with Crippen LogP contribution in [0.25, 0.3) is 5.70 Å². The number of hydrogen-bond acceptors (Lipinski definition) is 5. The highest BCUT2D eigenvalue weighted by Gasteiger charge is 2.24. The molecule has 1 heterocycles. The average molecular weight is 408 g/mol. The van der Waals surface area contributed by atoms with Crippen LogP contribution in [0.3, 0.4) is 0 Å². The lowest BCUT2D eigenvalue weighted by atomic mass is 10.2. The number of nitrogens with zero attached hydrogens (tertiary/aromatic N) is 1. The van der Waals surface area contributed by atoms with E-state index >= 15 is 0 Å². The van der Waals surface area contributed by atoms with Crippen molar-refractivity contribution in [2.75, 3.05) is 6.61 Å². The maximum absolute atomic E-state index is 9.28. The molecular weight excluding hydrogens is 393 g/mol. The second-order valence-electron chi connectivity index (χ2n) is 4.10. The number of aliphatic hydroxyl groups excluding tert-OH is 1. The molecule has 1 aliphatic rings. The molecule has 0 unspecified atom stereocenters. The van der Waals surface area contributed by atoms with Crippen molar-refractivity contribution in [1.29, 1.82) is 0 Å². The van der Waals surface area contributed by atoms with Crippen molar-refractivity contribution in [1.82, 2.24) is 5.32 Å². The molecule has 20 heavy (non-hydrogen) atoms. The first-order valence-corrected chi connectivity index (χ1v) is 7.34. The number of ether oxygens (including phenoxy) is 1. The third-order valence-corrected chi connectivity index (χ3v) is 3.56. The Hall–Kier alpha value is -1.25. The quantitative estimate of drug-likeness (QED) is 0.365. The SMILES string of the molecule is C=C(NC([ClH+])=C1OC[C@H](O)N=C1N)c1cccc([IH+])c1. The Morgan fingerprint density at radius 1 is 1.60 bits per heavy atom. The van der Waals surface area contributed by atoms with Crippen molar-refractivity contribution < 1.29 is 44.0 Å². The number of amidine groups is 1. The smallest absolute Gasteiger partial charge is 0.342 e. The van der Waals surface area contributed by atoms with Gasteiger partial charge in [-0.25, -0.2) is 4.99 Å². The lowest BCUT2D eigenvalue weighted by Gasteiger charge is -2.17. The lowest BCUT2D eigenvalue weighted by Crippen LogP contribution is -3.34. The van der Waals surface area contributed by atoms with Crippen molar-refractivity contribution in [2.24, 2.45) is 10.7 Å². The van der Waals surface area contributed by atoms with Gasteiger partial charge in [-0.3, -0.25) is 0 Å². The van der Waals surface area contributed by atoms with Gasteiger partial charge in [0.1, 0.15) is 6.61 Å². The third-order valence-electron chi connectivity index (χ3n) is 2.55. The molecule has 1 aromatic rings. The van der Waals surface area contributed by atoms with Gasteiger partial charge in [0.25, 0.3) is 22.6 Å². The Balaban J connectivity index is 2.17. The van der Waals surface area contributed by atoms with Gasteiger partial charge in [-0.2, -0.15) is 0 Å². The molecule has 1 atom stereocenters. The highest BCUT2D eigenvalue weighted by atomic mass is 127. The number of nitrogens with one attached hydrogen (secondary N) is 1. The van der Waals surface area contributed by atoms with Gasteiger partial charge in [0.2, 0.25) is 5.76 Å². The highest BCUT2D eigenvalue weighted by molar-refractivity contribution is 5.96. The van der Waals surface area contributed by atoms with E-state index in [4.69, 9.17) is 22.1 Å². The minimum absolute atomic E-state index is 0.0369. The maximum Gasteiger partial charge on any atom is 0.342 e. The Morgan fingerprint density at radius 3 is 3.00 bits per heavy atom. The molecule has 0 spiro atoms. The molecule has 0 fully saturated rings. The van der Waals surface area contributed by atoms with Crippen molar-refractivity contribution >= 4 is 11.5 Å². The molecule has 5 nitrogen and oxygen atoms in total. The zero-order valence-electron chi connectivity index (χ0n) is 10.5. The molecule has 1 aliphatic heterocycles. The molecule has 0 bridgehead atoms. The third kappa shape index (κ3) is 3.65. The van der Waals surface area contributed by atoms with E-state index in [2.05, 4.69) is 16.9 Å². The van der Waals surface area contributed by atoms with Gasteiger partial charge in [0, 0.05) is 17.3 Å². The van der Waals surface area contributed by atoms with Crippen LogP contribution in [0.4, 0.5) is 0 Å². The van der Waals surface area contributed by atoms with Gasteiger partial charge in [0.05, 0.1) is 0 Å². The minimum Gasteiger partial charge on any atom is -0.479 e. The van der Waals surface area contributed by atoms with E-state index in [1.807, 2.05) is 46.9 Å². The first kappa shape index (κ1) is 15.1. The van der Waals surface area contributed by atoms with Crippen LogP contribution in [-0.4, -0.2) is 23.8 Å². The Labute approximate surface area is 135 Å². The fourth-order valence-electron chi connectivity index (χ4n) is 1.62. The van der Waals surface area contributed by atoms with Gasteiger partial charge >= 0.3 is 5.16 Å². The number of hydrogen-bond donors (Lipinski definition) is 3. The zero-order valence-corrected chi connectivity index (χ0v) is 13.6. The number of nitrogens with two attached hydrogens (primary N) is 1. The topological polar surface area (TPSA) is 79.9 Å². The van der Waals surface area contributed by atoms with Crippen LogP contribution in [0.2, 0.25) is 0 Å². The fourth-order valence-corrected chi connectivity index (χ4v) is 2.49. The van der Waals surface area contributed by atoms with Crippen LogP contribution in [0, 0.1) is 15.2 Å². The van der Waals surface area contributed by atoms with E-state index in [1.165, 1.54) is 0 Å². The summed E-state index contributed by atoms with van der Waals surface area (Å²) in [4.78, 5) is 3.81. The summed E-state index contributed by atoms with van der Waals surface area (Å²) in [6, 6.07) is 7.88. The highest BCUT2D eigenvalue weighted by Crippen LogP contribution is 2.15. The molecule has 106 valence electrons. The summed E-state index contributed by atoms with van der Waals surface area (Å²) in [5.41, 5.74) is 7.26. The van der Waals surface area contributed by atoms with Crippen LogP contribution in [0.5, 0.6) is 0 Å². The summed E-state index contributed by atoms with van der Waals surface area (Å²) < 4.78 is 6.43. The summed E-state index contributed by atoms with van der Waals surface area (Å²) in [5.74, 6) is 0.346. The molecule has 0 aliphatic carbocycles. The van der Waals surface area contributed by atoms with Crippen LogP contribution >= 0.6 is 0 Å². The first-order valence-electron chi connectivity index (χ1n) is 5.76. The van der Waals surface area contributed by atoms with Crippen LogP contribution in [0.1, 0.15) is 5.56 Å². The molecule has 1 aromatic carbocycles. The van der Waals surface area contributed by atoms with Gasteiger partial charge in [0.15, 0.2) is 27.2 Å². The van der Waals surface area contributed by atoms with Crippen molar-refractivity contribution in [3.63, 3.8) is 0 Å². The Bertz CT molecular complexity index is 601. The van der Waals surface area contributed by atoms with E-state index in [1.54, 1.807) is 0 Å². The van der Waals surface area contributed by atoms with Gasteiger partial charge in [-0.05, 0) is 6.07 Å². The molecule has 0 amide bonds. The summed E-state index contributed by atoms with van der Waals surface area (Å²) in [6.45, 7) is 3.98. The Kier molecular flexibility index (Phi) is 4.90. The second-order valence-corrected chi connectivity index (χ2v) is 5.85. The molecule has 7 heteroatoms. The predicted octanol–water partition coefficient (Wildman–Crippen LogP) is -3.14. The van der Waals surface area contributed by atoms with E-state index < -0.39 is 6.23 Å². The van der Waals surface area contributed by atoms with Crippen molar-refractivity contribution in [3.8, 4) is 0 Å². The summed E-state index contributed by atoms with van der Waals surface area (Å²) in [6.07, 6.45) is -0.943.